The molecule has 0 saturated heterocycles. The molecule has 1 aliphatic rings. The van der Waals surface area contributed by atoms with E-state index < -0.39 is 0 Å². The molecule has 0 fully saturated rings. The zero-order chi connectivity index (χ0) is 5.11. The van der Waals surface area contributed by atoms with Crippen LogP contribution in [0.4, 0.5) is 0 Å². The quantitative estimate of drug-likeness (QED) is 0.474. The highest BCUT2D eigenvalue weighted by Gasteiger charge is 1.92. The van der Waals surface area contributed by atoms with Gasteiger partial charge in [0.25, 0.3) is 0 Å². The van der Waals surface area contributed by atoms with E-state index in [4.69, 9.17) is 0 Å². The second-order valence-electron chi connectivity index (χ2n) is 1.58. The van der Waals surface area contributed by atoms with Gasteiger partial charge in [0, 0.05) is 6.54 Å². The second kappa shape index (κ2) is 1.82. The Bertz CT molecular complexity index is 109. The van der Waals surface area contributed by atoms with Crippen molar-refractivity contribution < 1.29 is 0 Å². The lowest BCUT2D eigenvalue weighted by atomic mass is 10.3. The standard InChI is InChI=1S/C6H9N/c1-2-6-3-4-7-5-6/h2-4,7H,5H2,1H3/b6-2+. The van der Waals surface area contributed by atoms with Gasteiger partial charge in [0.1, 0.15) is 0 Å². The molecule has 0 atom stereocenters. The van der Waals surface area contributed by atoms with Crippen molar-refractivity contribution in [1.29, 1.82) is 0 Å². The minimum absolute atomic E-state index is 1.01. The molecule has 1 heterocycles. The van der Waals surface area contributed by atoms with E-state index in [9.17, 15) is 0 Å². The molecule has 0 bridgehead atoms. The first-order valence-electron chi connectivity index (χ1n) is 2.48. The van der Waals surface area contributed by atoms with Gasteiger partial charge in [-0.05, 0) is 24.8 Å². The number of allylic oxidation sites excluding steroid dienone is 1. The molecular formula is C6H9N. The fourth-order valence-electron chi connectivity index (χ4n) is 0.600. The van der Waals surface area contributed by atoms with Gasteiger partial charge < -0.3 is 5.32 Å². The molecule has 0 amide bonds. The molecule has 0 saturated carbocycles. The smallest absolute Gasteiger partial charge is 0.0392 e. The van der Waals surface area contributed by atoms with Gasteiger partial charge in [-0.2, -0.15) is 0 Å². The molecule has 0 aromatic heterocycles. The minimum atomic E-state index is 1.01. The maximum Gasteiger partial charge on any atom is 0.0392 e. The summed E-state index contributed by atoms with van der Waals surface area (Å²) < 4.78 is 0. The van der Waals surface area contributed by atoms with Gasteiger partial charge in [0.05, 0.1) is 0 Å². The van der Waals surface area contributed by atoms with Crippen molar-refractivity contribution in [3.05, 3.63) is 23.9 Å². The molecule has 1 rings (SSSR count). The molecule has 7 heavy (non-hydrogen) atoms. The van der Waals surface area contributed by atoms with E-state index in [1.807, 2.05) is 13.1 Å². The Morgan fingerprint density at radius 2 is 2.71 bits per heavy atom. The van der Waals surface area contributed by atoms with E-state index in [0.717, 1.165) is 6.54 Å². The van der Waals surface area contributed by atoms with E-state index in [1.54, 1.807) is 0 Å². The molecule has 0 unspecified atom stereocenters. The molecule has 1 heteroatoms. The van der Waals surface area contributed by atoms with Gasteiger partial charge >= 0.3 is 0 Å². The lowest BCUT2D eigenvalue weighted by molar-refractivity contribution is 1.00. The van der Waals surface area contributed by atoms with Crippen LogP contribution in [0.25, 0.3) is 0 Å². The Morgan fingerprint density at radius 1 is 1.86 bits per heavy atom. The summed E-state index contributed by atoms with van der Waals surface area (Å²) in [5.41, 5.74) is 1.38. The largest absolute Gasteiger partial charge is 0.387 e. The van der Waals surface area contributed by atoms with E-state index in [0.29, 0.717) is 0 Å². The van der Waals surface area contributed by atoms with Crippen molar-refractivity contribution in [3.63, 3.8) is 0 Å². The first kappa shape index (κ1) is 4.44. The summed E-state index contributed by atoms with van der Waals surface area (Å²) in [6.45, 7) is 3.06. The van der Waals surface area contributed by atoms with Gasteiger partial charge in [-0.15, -0.1) is 0 Å². The Hall–Kier alpha value is -0.720. The first-order valence-corrected chi connectivity index (χ1v) is 2.48. The van der Waals surface area contributed by atoms with Crippen LogP contribution in [0, 0.1) is 0 Å². The van der Waals surface area contributed by atoms with Crippen molar-refractivity contribution in [3.8, 4) is 0 Å². The molecular weight excluding hydrogens is 86.1 g/mol. The number of rotatable bonds is 0. The van der Waals surface area contributed by atoms with Crippen LogP contribution in [0.2, 0.25) is 0 Å². The van der Waals surface area contributed by atoms with Crippen molar-refractivity contribution in [1.82, 2.24) is 5.32 Å². The summed E-state index contributed by atoms with van der Waals surface area (Å²) in [7, 11) is 0. The molecule has 1 nitrogen and oxygen atoms in total. The third-order valence-corrected chi connectivity index (χ3v) is 1.09. The van der Waals surface area contributed by atoms with Gasteiger partial charge in [-0.1, -0.05) is 6.08 Å². The molecule has 1 aliphatic heterocycles. The van der Waals surface area contributed by atoms with Crippen molar-refractivity contribution in [2.75, 3.05) is 6.54 Å². The zero-order valence-corrected chi connectivity index (χ0v) is 4.44. The Labute approximate surface area is 43.7 Å². The van der Waals surface area contributed by atoms with Gasteiger partial charge in [0.15, 0.2) is 0 Å². The predicted molar refractivity (Wildman–Crippen MR) is 30.9 cm³/mol. The summed E-state index contributed by atoms with van der Waals surface area (Å²) in [6, 6.07) is 0. The summed E-state index contributed by atoms with van der Waals surface area (Å²) in [5, 5.41) is 3.07. The molecule has 0 radical (unpaired) electrons. The third-order valence-electron chi connectivity index (χ3n) is 1.09. The SMILES string of the molecule is C/C=C1\C=CNC1. The van der Waals surface area contributed by atoms with E-state index in [1.165, 1.54) is 5.57 Å². The second-order valence-corrected chi connectivity index (χ2v) is 1.58. The highest BCUT2D eigenvalue weighted by atomic mass is 14.8. The lowest BCUT2D eigenvalue weighted by Crippen LogP contribution is -1.99. The zero-order valence-electron chi connectivity index (χ0n) is 4.44. The topological polar surface area (TPSA) is 12.0 Å². The minimum Gasteiger partial charge on any atom is -0.387 e. The maximum atomic E-state index is 3.07. The van der Waals surface area contributed by atoms with Crippen LogP contribution in [0.5, 0.6) is 0 Å². The molecule has 0 aliphatic carbocycles. The molecule has 38 valence electrons. The first-order chi connectivity index (χ1) is 3.43. The van der Waals surface area contributed by atoms with Crippen LogP contribution in [-0.4, -0.2) is 6.54 Å². The average Bonchev–Trinajstić information content (AvgIpc) is 2.14. The van der Waals surface area contributed by atoms with E-state index in [2.05, 4.69) is 17.5 Å². The molecule has 1 N–H and O–H groups in total. The Morgan fingerprint density at radius 3 is 3.00 bits per heavy atom. The number of nitrogens with one attached hydrogen (secondary N) is 1. The normalized spacial score (nSPS) is 23.3. The van der Waals surface area contributed by atoms with Gasteiger partial charge in [-0.25, -0.2) is 0 Å². The molecule has 0 spiro atoms. The van der Waals surface area contributed by atoms with Gasteiger partial charge in [-0.3, -0.25) is 0 Å². The van der Waals surface area contributed by atoms with Gasteiger partial charge in [0.2, 0.25) is 0 Å². The number of hydrogen-bond acceptors (Lipinski definition) is 1. The highest BCUT2D eigenvalue weighted by molar-refractivity contribution is 5.23. The monoisotopic (exact) mass is 95.1 g/mol. The predicted octanol–water partition coefficient (Wildman–Crippen LogP) is 1.05. The third kappa shape index (κ3) is 0.829. The maximum absolute atomic E-state index is 3.07. The van der Waals surface area contributed by atoms with Crippen LogP contribution in [0.15, 0.2) is 23.9 Å². The average molecular weight is 95.1 g/mol. The Kier molecular flexibility index (Phi) is 1.16. The molecule has 0 aromatic rings. The van der Waals surface area contributed by atoms with Crippen LogP contribution in [0.1, 0.15) is 6.92 Å². The summed E-state index contributed by atoms with van der Waals surface area (Å²) >= 11 is 0. The van der Waals surface area contributed by atoms with E-state index in [-0.39, 0.29) is 0 Å². The fraction of sp³-hybridized carbons (Fsp3) is 0.333. The molecule has 0 aromatic carbocycles. The number of hydrogen-bond donors (Lipinski definition) is 1. The Balaban J connectivity index is 2.59. The van der Waals surface area contributed by atoms with Crippen molar-refractivity contribution in [2.24, 2.45) is 0 Å². The fourth-order valence-corrected chi connectivity index (χ4v) is 0.600. The summed E-state index contributed by atoms with van der Waals surface area (Å²) in [5.74, 6) is 0. The van der Waals surface area contributed by atoms with Crippen LogP contribution in [-0.2, 0) is 0 Å². The van der Waals surface area contributed by atoms with E-state index >= 15 is 0 Å². The van der Waals surface area contributed by atoms with Crippen molar-refractivity contribution >= 4 is 0 Å². The highest BCUT2D eigenvalue weighted by Crippen LogP contribution is 1.98. The summed E-state index contributed by atoms with van der Waals surface area (Å²) in [4.78, 5) is 0. The van der Waals surface area contributed by atoms with Crippen LogP contribution in [0.3, 0.4) is 0 Å². The van der Waals surface area contributed by atoms with Crippen LogP contribution >= 0.6 is 0 Å². The summed E-state index contributed by atoms with van der Waals surface area (Å²) in [6.07, 6.45) is 6.16. The lowest BCUT2D eigenvalue weighted by Gasteiger charge is -1.86. The van der Waals surface area contributed by atoms with Crippen molar-refractivity contribution in [2.45, 2.75) is 6.92 Å². The van der Waals surface area contributed by atoms with Crippen LogP contribution < -0.4 is 5.32 Å².